The summed E-state index contributed by atoms with van der Waals surface area (Å²) in [5.41, 5.74) is -0.697. The van der Waals surface area contributed by atoms with Crippen LogP contribution in [0.5, 0.6) is 0 Å². The van der Waals surface area contributed by atoms with E-state index in [4.69, 9.17) is 5.11 Å². The van der Waals surface area contributed by atoms with Gasteiger partial charge in [0.05, 0.1) is 4.92 Å². The first-order chi connectivity index (χ1) is 7.76. The third kappa shape index (κ3) is 2.52. The van der Waals surface area contributed by atoms with Crippen molar-refractivity contribution in [2.24, 2.45) is 0 Å². The predicted molar refractivity (Wildman–Crippen MR) is 63.2 cm³/mol. The third-order valence-corrected chi connectivity index (χ3v) is 2.79. The summed E-state index contributed by atoms with van der Waals surface area (Å²) < 4.78 is 0. The number of nitro benzene ring substituents is 1. The van der Waals surface area contributed by atoms with Gasteiger partial charge in [-0.15, -0.1) is 0 Å². The zero-order valence-corrected chi connectivity index (χ0v) is 9.88. The zero-order chi connectivity index (χ0) is 13.2. The van der Waals surface area contributed by atoms with E-state index in [-0.39, 0.29) is 5.69 Å². The number of anilines is 1. The Balaban J connectivity index is 3.13. The lowest BCUT2D eigenvalue weighted by Gasteiger charge is -2.33. The summed E-state index contributed by atoms with van der Waals surface area (Å²) in [6.07, 6.45) is 0. The summed E-state index contributed by atoms with van der Waals surface area (Å²) in [5, 5.41) is 19.7. The number of hydrogen-bond donors (Lipinski definition) is 1. The maximum absolute atomic E-state index is 11.1. The maximum atomic E-state index is 11.1. The van der Waals surface area contributed by atoms with Crippen LogP contribution >= 0.6 is 0 Å². The number of likely N-dealkylation sites (N-methyl/N-ethyl adjacent to an activating group) is 1. The van der Waals surface area contributed by atoms with Gasteiger partial charge >= 0.3 is 5.97 Å². The van der Waals surface area contributed by atoms with E-state index >= 15 is 0 Å². The molecule has 0 aliphatic heterocycles. The zero-order valence-electron chi connectivity index (χ0n) is 9.88. The number of carboxylic acid groups (broad SMARTS) is 1. The summed E-state index contributed by atoms with van der Waals surface area (Å²) in [6, 6.07) is 5.88. The molecule has 6 heteroatoms. The topological polar surface area (TPSA) is 83.7 Å². The molecule has 0 aliphatic rings. The first-order valence-electron chi connectivity index (χ1n) is 4.98. The van der Waals surface area contributed by atoms with Crippen molar-refractivity contribution in [3.05, 3.63) is 34.4 Å². The van der Waals surface area contributed by atoms with Crippen LogP contribution in [-0.4, -0.2) is 28.6 Å². The van der Waals surface area contributed by atoms with Crippen LogP contribution in [-0.2, 0) is 4.79 Å². The van der Waals surface area contributed by atoms with Crippen molar-refractivity contribution >= 4 is 17.3 Å². The second kappa shape index (κ2) is 4.40. The fourth-order valence-electron chi connectivity index (χ4n) is 1.28. The van der Waals surface area contributed by atoms with Gasteiger partial charge in [-0.2, -0.15) is 0 Å². The Hall–Kier alpha value is -2.11. The van der Waals surface area contributed by atoms with E-state index in [2.05, 4.69) is 0 Å². The fraction of sp³-hybridized carbons (Fsp3) is 0.364. The number of rotatable bonds is 4. The summed E-state index contributed by atoms with van der Waals surface area (Å²) in [6.45, 7) is 3.07. The average Bonchev–Trinajstić information content (AvgIpc) is 2.27. The first kappa shape index (κ1) is 13.0. The molecule has 0 saturated heterocycles. The van der Waals surface area contributed by atoms with E-state index in [1.54, 1.807) is 13.1 Å². The van der Waals surface area contributed by atoms with Crippen LogP contribution in [0, 0.1) is 10.1 Å². The largest absolute Gasteiger partial charge is 0.480 e. The lowest BCUT2D eigenvalue weighted by molar-refractivity contribution is -0.384. The van der Waals surface area contributed by atoms with Gasteiger partial charge in [0.15, 0.2) is 0 Å². The van der Waals surface area contributed by atoms with Gasteiger partial charge in [-0.05, 0) is 19.9 Å². The molecule has 0 atom stereocenters. The number of aliphatic carboxylic acids is 1. The molecule has 1 aromatic carbocycles. The highest BCUT2D eigenvalue weighted by atomic mass is 16.6. The van der Waals surface area contributed by atoms with Gasteiger partial charge in [0.1, 0.15) is 5.54 Å². The number of nitro groups is 1. The molecule has 17 heavy (non-hydrogen) atoms. The van der Waals surface area contributed by atoms with Crippen molar-refractivity contribution in [1.29, 1.82) is 0 Å². The van der Waals surface area contributed by atoms with Crippen LogP contribution in [0.15, 0.2) is 24.3 Å². The number of hydrogen-bond acceptors (Lipinski definition) is 4. The molecule has 0 saturated carbocycles. The van der Waals surface area contributed by atoms with Crippen LogP contribution < -0.4 is 4.90 Å². The molecule has 6 nitrogen and oxygen atoms in total. The smallest absolute Gasteiger partial charge is 0.328 e. The average molecular weight is 238 g/mol. The highest BCUT2D eigenvalue weighted by Crippen LogP contribution is 2.25. The van der Waals surface area contributed by atoms with E-state index in [0.29, 0.717) is 5.69 Å². The van der Waals surface area contributed by atoms with Crippen LogP contribution in [0.1, 0.15) is 13.8 Å². The van der Waals surface area contributed by atoms with Gasteiger partial charge in [0.25, 0.3) is 5.69 Å². The Morgan fingerprint density at radius 1 is 1.47 bits per heavy atom. The van der Waals surface area contributed by atoms with E-state index < -0.39 is 16.4 Å². The summed E-state index contributed by atoms with van der Waals surface area (Å²) >= 11 is 0. The van der Waals surface area contributed by atoms with Gasteiger partial charge < -0.3 is 10.0 Å². The van der Waals surface area contributed by atoms with Crippen molar-refractivity contribution in [2.75, 3.05) is 11.9 Å². The molecule has 0 fully saturated rings. The predicted octanol–water partition coefficient (Wildman–Crippen LogP) is 1.89. The second-order valence-corrected chi connectivity index (χ2v) is 4.20. The van der Waals surface area contributed by atoms with Crippen LogP contribution in [0.2, 0.25) is 0 Å². The quantitative estimate of drug-likeness (QED) is 0.639. The number of nitrogens with zero attached hydrogens (tertiary/aromatic N) is 2. The normalized spacial score (nSPS) is 11.0. The molecule has 0 spiro atoms. The number of carbonyl (C=O) groups is 1. The molecule has 1 aromatic rings. The Morgan fingerprint density at radius 3 is 2.53 bits per heavy atom. The molecule has 0 amide bonds. The number of benzene rings is 1. The van der Waals surface area contributed by atoms with Gasteiger partial charge in [-0.25, -0.2) is 4.79 Å². The fourth-order valence-corrected chi connectivity index (χ4v) is 1.28. The van der Waals surface area contributed by atoms with Crippen LogP contribution in [0.3, 0.4) is 0 Å². The molecular weight excluding hydrogens is 224 g/mol. The van der Waals surface area contributed by atoms with Gasteiger partial charge in [-0.1, -0.05) is 6.07 Å². The molecule has 0 aliphatic carbocycles. The Bertz CT molecular complexity index is 457. The number of non-ortho nitro benzene ring substituents is 1. The standard InChI is InChI=1S/C11H14N2O4/c1-11(2,10(14)15)12(3)8-5-4-6-9(7-8)13(16)17/h4-7H,1-3H3,(H,14,15). The minimum Gasteiger partial charge on any atom is -0.480 e. The van der Waals surface area contributed by atoms with Crippen LogP contribution in [0.4, 0.5) is 11.4 Å². The van der Waals surface area contributed by atoms with Gasteiger partial charge in [0.2, 0.25) is 0 Å². The summed E-state index contributed by atoms with van der Waals surface area (Å²) in [5.74, 6) is -0.994. The monoisotopic (exact) mass is 238 g/mol. The lowest BCUT2D eigenvalue weighted by atomic mass is 10.0. The van der Waals surface area contributed by atoms with Crippen molar-refractivity contribution in [3.8, 4) is 0 Å². The maximum Gasteiger partial charge on any atom is 0.328 e. The molecule has 1 N–H and O–H groups in total. The number of carboxylic acids is 1. The first-order valence-corrected chi connectivity index (χ1v) is 4.98. The van der Waals surface area contributed by atoms with Crippen molar-refractivity contribution in [3.63, 3.8) is 0 Å². The lowest BCUT2D eigenvalue weighted by Crippen LogP contribution is -2.48. The highest BCUT2D eigenvalue weighted by molar-refractivity contribution is 5.82. The van der Waals surface area contributed by atoms with E-state index in [0.717, 1.165) is 0 Å². The third-order valence-electron chi connectivity index (χ3n) is 2.79. The summed E-state index contributed by atoms with van der Waals surface area (Å²) in [4.78, 5) is 22.7. The van der Waals surface area contributed by atoms with E-state index in [9.17, 15) is 14.9 Å². The Labute approximate surface area is 98.6 Å². The second-order valence-electron chi connectivity index (χ2n) is 4.20. The Kier molecular flexibility index (Phi) is 3.36. The van der Waals surface area contributed by atoms with Crippen molar-refractivity contribution < 1.29 is 14.8 Å². The molecule has 0 aromatic heterocycles. The molecule has 0 heterocycles. The van der Waals surface area contributed by atoms with E-state index in [1.165, 1.54) is 36.9 Å². The van der Waals surface area contributed by atoms with Gasteiger partial charge in [0, 0.05) is 24.9 Å². The van der Waals surface area contributed by atoms with Crippen molar-refractivity contribution in [1.82, 2.24) is 0 Å². The van der Waals surface area contributed by atoms with E-state index in [1.807, 2.05) is 0 Å². The molecule has 92 valence electrons. The molecule has 0 bridgehead atoms. The van der Waals surface area contributed by atoms with Crippen molar-refractivity contribution in [2.45, 2.75) is 19.4 Å². The molecule has 0 radical (unpaired) electrons. The SMILES string of the molecule is CN(c1cccc([N+](=O)[O-])c1)C(C)(C)C(=O)O. The molecular formula is C11H14N2O4. The minimum absolute atomic E-state index is 0.0597. The molecule has 0 unspecified atom stereocenters. The van der Waals surface area contributed by atoms with Crippen LogP contribution in [0.25, 0.3) is 0 Å². The van der Waals surface area contributed by atoms with Gasteiger partial charge in [-0.3, -0.25) is 10.1 Å². The molecule has 1 rings (SSSR count). The summed E-state index contributed by atoms with van der Waals surface area (Å²) in [7, 11) is 1.59. The Morgan fingerprint density at radius 2 is 2.06 bits per heavy atom. The minimum atomic E-state index is -1.13. The highest BCUT2D eigenvalue weighted by Gasteiger charge is 2.32.